The number of hydrogen-bond donors (Lipinski definition) is 1. The summed E-state index contributed by atoms with van der Waals surface area (Å²) in [6.07, 6.45) is -6.23. The molecule has 3 nitrogen and oxygen atoms in total. The van der Waals surface area contributed by atoms with E-state index in [1.807, 2.05) is 6.92 Å². The molecule has 1 aliphatic carbocycles. The first kappa shape index (κ1) is 13.7. The summed E-state index contributed by atoms with van der Waals surface area (Å²) in [4.78, 5) is 0. The Kier molecular flexibility index (Phi) is 4.58. The molecular formula is C10H18F3NO2. The van der Waals surface area contributed by atoms with E-state index in [1.54, 1.807) is 0 Å². The van der Waals surface area contributed by atoms with Gasteiger partial charge in [0.15, 0.2) is 6.10 Å². The van der Waals surface area contributed by atoms with Gasteiger partial charge in [-0.1, -0.05) is 6.92 Å². The van der Waals surface area contributed by atoms with Crippen LogP contribution in [0, 0.1) is 0 Å². The van der Waals surface area contributed by atoms with Crippen LogP contribution in [0.3, 0.4) is 0 Å². The molecule has 0 bridgehead atoms. The predicted octanol–water partition coefficient (Wildman–Crippen LogP) is 1.72. The lowest BCUT2D eigenvalue weighted by Crippen LogP contribution is -2.61. The average molecular weight is 241 g/mol. The van der Waals surface area contributed by atoms with E-state index < -0.39 is 18.4 Å². The Morgan fingerprint density at radius 3 is 2.50 bits per heavy atom. The lowest BCUT2D eigenvalue weighted by molar-refractivity contribution is -0.254. The van der Waals surface area contributed by atoms with Gasteiger partial charge >= 0.3 is 6.18 Å². The molecule has 0 saturated heterocycles. The van der Waals surface area contributed by atoms with E-state index in [2.05, 4.69) is 5.32 Å². The van der Waals surface area contributed by atoms with Gasteiger partial charge in [-0.15, -0.1) is 0 Å². The largest absolute Gasteiger partial charge is 0.414 e. The second kappa shape index (κ2) is 5.33. The Hall–Kier alpha value is -0.330. The van der Waals surface area contributed by atoms with Crippen molar-refractivity contribution in [3.05, 3.63) is 0 Å². The summed E-state index contributed by atoms with van der Waals surface area (Å²) < 4.78 is 46.9. The Morgan fingerprint density at radius 1 is 1.44 bits per heavy atom. The fourth-order valence-corrected chi connectivity index (χ4v) is 1.83. The Labute approximate surface area is 93.3 Å². The van der Waals surface area contributed by atoms with Crippen molar-refractivity contribution in [1.82, 2.24) is 5.32 Å². The Morgan fingerprint density at radius 2 is 2.06 bits per heavy atom. The van der Waals surface area contributed by atoms with Crippen molar-refractivity contribution < 1.29 is 22.6 Å². The van der Waals surface area contributed by atoms with Crippen molar-refractivity contribution in [3.8, 4) is 0 Å². The highest BCUT2D eigenvalue weighted by Crippen LogP contribution is 2.32. The Bertz CT molecular complexity index is 223. The molecule has 0 spiro atoms. The number of alkyl halides is 3. The van der Waals surface area contributed by atoms with Gasteiger partial charge in [0.25, 0.3) is 0 Å². The fraction of sp³-hybridized carbons (Fsp3) is 1.00. The minimum Gasteiger partial charge on any atom is -0.377 e. The maximum absolute atomic E-state index is 12.3. The summed E-state index contributed by atoms with van der Waals surface area (Å²) in [5.74, 6) is 0. The highest BCUT2D eigenvalue weighted by Gasteiger charge is 2.46. The molecule has 0 aromatic heterocycles. The van der Waals surface area contributed by atoms with E-state index in [1.165, 1.54) is 7.11 Å². The van der Waals surface area contributed by atoms with Crippen molar-refractivity contribution in [2.45, 2.75) is 50.8 Å². The van der Waals surface area contributed by atoms with Crippen LogP contribution in [0.15, 0.2) is 0 Å². The molecule has 0 radical (unpaired) electrons. The molecule has 0 amide bonds. The van der Waals surface area contributed by atoms with Gasteiger partial charge in [-0.05, 0) is 19.9 Å². The maximum Gasteiger partial charge on any atom is 0.414 e. The van der Waals surface area contributed by atoms with Crippen LogP contribution < -0.4 is 5.32 Å². The molecule has 16 heavy (non-hydrogen) atoms. The molecule has 1 N–H and O–H groups in total. The van der Waals surface area contributed by atoms with Gasteiger partial charge in [0.05, 0.1) is 12.2 Å². The minimum atomic E-state index is -4.30. The third kappa shape index (κ3) is 3.09. The summed E-state index contributed by atoms with van der Waals surface area (Å²) in [6.45, 7) is 3.73. The smallest absolute Gasteiger partial charge is 0.377 e. The highest BCUT2D eigenvalue weighted by atomic mass is 19.4. The standard InChI is InChI=1S/C10H18F3NO2/c1-4-14-7-5-8(9(7)15-3)16-6(2)10(11,12)13/h6-9,14H,4-5H2,1-3H3. The minimum absolute atomic E-state index is 0.0976. The third-order valence-corrected chi connectivity index (χ3v) is 2.83. The van der Waals surface area contributed by atoms with E-state index in [9.17, 15) is 13.2 Å². The molecule has 0 heterocycles. The number of likely N-dealkylation sites (N-methyl/N-ethyl adjacent to an activating group) is 1. The van der Waals surface area contributed by atoms with Crippen molar-refractivity contribution in [3.63, 3.8) is 0 Å². The molecule has 0 aromatic carbocycles. The summed E-state index contributed by atoms with van der Waals surface area (Å²) in [7, 11) is 1.49. The maximum atomic E-state index is 12.3. The molecule has 6 heteroatoms. The van der Waals surface area contributed by atoms with E-state index in [4.69, 9.17) is 9.47 Å². The van der Waals surface area contributed by atoms with Crippen LogP contribution >= 0.6 is 0 Å². The lowest BCUT2D eigenvalue weighted by Gasteiger charge is -2.44. The van der Waals surface area contributed by atoms with Gasteiger partial charge in [0.1, 0.15) is 0 Å². The second-order valence-electron chi connectivity index (χ2n) is 3.96. The summed E-state index contributed by atoms with van der Waals surface area (Å²) in [5, 5.41) is 3.14. The molecule has 0 aliphatic heterocycles. The van der Waals surface area contributed by atoms with E-state index in [0.29, 0.717) is 6.42 Å². The van der Waals surface area contributed by atoms with Crippen molar-refractivity contribution in [1.29, 1.82) is 0 Å². The lowest BCUT2D eigenvalue weighted by atomic mass is 9.85. The number of methoxy groups -OCH3 is 1. The van der Waals surface area contributed by atoms with Crippen LogP contribution in [0.25, 0.3) is 0 Å². The van der Waals surface area contributed by atoms with Gasteiger partial charge in [0.2, 0.25) is 0 Å². The monoisotopic (exact) mass is 241 g/mol. The number of hydrogen-bond acceptors (Lipinski definition) is 3. The molecular weight excluding hydrogens is 223 g/mol. The van der Waals surface area contributed by atoms with Crippen LogP contribution in [0.1, 0.15) is 20.3 Å². The number of halogens is 3. The van der Waals surface area contributed by atoms with Crippen molar-refractivity contribution >= 4 is 0 Å². The first-order valence-corrected chi connectivity index (χ1v) is 5.38. The second-order valence-corrected chi connectivity index (χ2v) is 3.96. The van der Waals surface area contributed by atoms with Crippen LogP contribution in [0.5, 0.6) is 0 Å². The quantitative estimate of drug-likeness (QED) is 0.795. The van der Waals surface area contributed by atoms with Gasteiger partial charge < -0.3 is 14.8 Å². The SMILES string of the molecule is CCNC1CC(OC(C)C(F)(F)F)C1OC. The molecule has 1 saturated carbocycles. The normalized spacial score (nSPS) is 32.2. The summed E-state index contributed by atoms with van der Waals surface area (Å²) >= 11 is 0. The van der Waals surface area contributed by atoms with Gasteiger partial charge in [-0.2, -0.15) is 13.2 Å². The van der Waals surface area contributed by atoms with Gasteiger partial charge in [-0.25, -0.2) is 0 Å². The van der Waals surface area contributed by atoms with Crippen LogP contribution in [-0.4, -0.2) is 44.2 Å². The molecule has 1 aliphatic rings. The number of nitrogens with one attached hydrogen (secondary N) is 1. The zero-order valence-corrected chi connectivity index (χ0v) is 9.67. The van der Waals surface area contributed by atoms with Gasteiger partial charge in [-0.3, -0.25) is 0 Å². The van der Waals surface area contributed by atoms with Crippen LogP contribution in [0.2, 0.25) is 0 Å². The van der Waals surface area contributed by atoms with Crippen LogP contribution in [-0.2, 0) is 9.47 Å². The molecule has 1 rings (SSSR count). The molecule has 96 valence electrons. The number of rotatable bonds is 5. The first-order valence-electron chi connectivity index (χ1n) is 5.38. The van der Waals surface area contributed by atoms with E-state index in [0.717, 1.165) is 13.5 Å². The average Bonchev–Trinajstić information content (AvgIpc) is 2.14. The zero-order chi connectivity index (χ0) is 12.3. The molecule has 0 aromatic rings. The fourth-order valence-electron chi connectivity index (χ4n) is 1.83. The summed E-state index contributed by atoms with van der Waals surface area (Å²) in [6, 6.07) is 0.0976. The molecule has 4 atom stereocenters. The summed E-state index contributed by atoms with van der Waals surface area (Å²) in [5.41, 5.74) is 0. The van der Waals surface area contributed by atoms with Crippen molar-refractivity contribution in [2.75, 3.05) is 13.7 Å². The third-order valence-electron chi connectivity index (χ3n) is 2.83. The van der Waals surface area contributed by atoms with Crippen LogP contribution in [0.4, 0.5) is 13.2 Å². The Balaban J connectivity index is 2.40. The van der Waals surface area contributed by atoms with Crippen molar-refractivity contribution in [2.24, 2.45) is 0 Å². The highest BCUT2D eigenvalue weighted by molar-refractivity contribution is 4.97. The number of ether oxygens (including phenoxy) is 2. The zero-order valence-electron chi connectivity index (χ0n) is 9.67. The topological polar surface area (TPSA) is 30.5 Å². The first-order chi connectivity index (χ1) is 7.40. The van der Waals surface area contributed by atoms with Gasteiger partial charge in [0, 0.05) is 13.2 Å². The van der Waals surface area contributed by atoms with E-state index in [-0.39, 0.29) is 12.1 Å². The molecule has 4 unspecified atom stereocenters. The predicted molar refractivity (Wildman–Crippen MR) is 53.3 cm³/mol. The van der Waals surface area contributed by atoms with E-state index >= 15 is 0 Å². The molecule has 1 fully saturated rings.